The first-order valence-electron chi connectivity index (χ1n) is 11.5. The lowest BCUT2D eigenvalue weighted by molar-refractivity contribution is -0.154. The minimum absolute atomic E-state index is 0.156. The number of hydrazine groups is 1. The number of likely N-dealkylation sites (N-methyl/N-ethyl adjacent to an activating group) is 1. The number of anilines is 2. The lowest BCUT2D eigenvalue weighted by atomic mass is 9.92. The van der Waals surface area contributed by atoms with Crippen LogP contribution in [0.3, 0.4) is 0 Å². The lowest BCUT2D eigenvalue weighted by Gasteiger charge is -2.23. The van der Waals surface area contributed by atoms with E-state index in [0.29, 0.717) is 30.4 Å². The number of nitrogens with zero attached hydrogens (tertiary/aromatic N) is 4. The van der Waals surface area contributed by atoms with Gasteiger partial charge in [0.1, 0.15) is 11.9 Å². The third-order valence-electron chi connectivity index (χ3n) is 6.16. The van der Waals surface area contributed by atoms with Crippen LogP contribution in [0.25, 0.3) is 0 Å². The number of hydroxylamine groups is 2. The predicted octanol–water partition coefficient (Wildman–Crippen LogP) is 1.61. The minimum atomic E-state index is -0.849. The lowest BCUT2D eigenvalue weighted by Crippen LogP contribution is -2.41. The Morgan fingerprint density at radius 1 is 1.32 bits per heavy atom. The van der Waals surface area contributed by atoms with Crippen LogP contribution in [0.4, 0.5) is 16.0 Å². The molecule has 0 radical (unpaired) electrons. The number of nitrogens with one attached hydrogen (secondary N) is 3. The van der Waals surface area contributed by atoms with Gasteiger partial charge >= 0.3 is 0 Å². The minimum Gasteiger partial charge on any atom is -0.356 e. The Morgan fingerprint density at radius 2 is 2.03 bits per heavy atom. The van der Waals surface area contributed by atoms with Gasteiger partial charge in [-0.1, -0.05) is 37.8 Å². The van der Waals surface area contributed by atoms with Crippen LogP contribution >= 0.6 is 0 Å². The topological polar surface area (TPSA) is 140 Å². The normalized spacial score (nSPS) is 19.5. The zero-order valence-corrected chi connectivity index (χ0v) is 19.5. The van der Waals surface area contributed by atoms with E-state index in [1.807, 2.05) is 12.2 Å². The monoisotopic (exact) mass is 477 g/mol. The van der Waals surface area contributed by atoms with E-state index >= 15 is 4.39 Å². The van der Waals surface area contributed by atoms with E-state index in [1.54, 1.807) is 14.0 Å². The zero-order chi connectivity index (χ0) is 24.7. The fourth-order valence-electron chi connectivity index (χ4n) is 4.35. The van der Waals surface area contributed by atoms with Crippen LogP contribution in [0.2, 0.25) is 0 Å². The summed E-state index contributed by atoms with van der Waals surface area (Å²) in [7, 11) is 1.66. The highest BCUT2D eigenvalue weighted by molar-refractivity contribution is 5.85. The fourth-order valence-corrected chi connectivity index (χ4v) is 4.35. The number of hydrogen-bond acceptors (Lipinski definition) is 8. The second-order valence-corrected chi connectivity index (χ2v) is 8.83. The third kappa shape index (κ3) is 6.62. The van der Waals surface area contributed by atoms with Crippen molar-refractivity contribution >= 4 is 29.9 Å². The second-order valence-electron chi connectivity index (χ2n) is 8.83. The standard InChI is InChI=1S/C22H32FN7O4/c1-14-24-19(26-17-9-5-6-10-29(2)22(17)33)18(23)20(25-14)27-28-21(32)16(12-30(34)13-31)11-15-7-3-4-8-15/h5-6,13,15-17,34H,3-4,7-12H2,1-2H3,(H,28,32)(H2,24,25,26,27)/t16-,17-/m0/s1. The van der Waals surface area contributed by atoms with Crippen molar-refractivity contribution in [3.8, 4) is 0 Å². The largest absolute Gasteiger partial charge is 0.356 e. The second kappa shape index (κ2) is 11.7. The van der Waals surface area contributed by atoms with Crippen LogP contribution in [0.1, 0.15) is 44.3 Å². The first-order chi connectivity index (χ1) is 16.3. The van der Waals surface area contributed by atoms with Crippen LogP contribution in [0.5, 0.6) is 0 Å². The highest BCUT2D eigenvalue weighted by atomic mass is 19.1. The molecule has 3 rings (SSSR count). The molecular formula is C22H32FN7O4. The van der Waals surface area contributed by atoms with Crippen molar-refractivity contribution in [3.63, 3.8) is 0 Å². The van der Waals surface area contributed by atoms with Gasteiger partial charge in [0.05, 0.1) is 12.5 Å². The first-order valence-corrected chi connectivity index (χ1v) is 11.5. The summed E-state index contributed by atoms with van der Waals surface area (Å²) >= 11 is 0. The molecule has 0 saturated heterocycles. The molecule has 1 aromatic heterocycles. The number of amides is 3. The predicted molar refractivity (Wildman–Crippen MR) is 122 cm³/mol. The summed E-state index contributed by atoms with van der Waals surface area (Å²) in [6.45, 7) is 1.87. The molecule has 186 valence electrons. The number of rotatable bonds is 10. The molecule has 34 heavy (non-hydrogen) atoms. The summed E-state index contributed by atoms with van der Waals surface area (Å²) in [5, 5.41) is 12.9. The maximum atomic E-state index is 15.1. The maximum Gasteiger partial charge on any atom is 0.245 e. The van der Waals surface area contributed by atoms with E-state index in [-0.39, 0.29) is 36.3 Å². The Balaban J connectivity index is 1.69. The molecular weight excluding hydrogens is 445 g/mol. The Labute approximate surface area is 197 Å². The summed E-state index contributed by atoms with van der Waals surface area (Å²) < 4.78 is 15.1. The van der Waals surface area contributed by atoms with Gasteiger partial charge in [0, 0.05) is 13.6 Å². The van der Waals surface area contributed by atoms with Crippen LogP contribution in [0, 0.1) is 24.6 Å². The molecule has 3 amide bonds. The molecule has 2 heterocycles. The van der Waals surface area contributed by atoms with Crippen molar-refractivity contribution in [2.24, 2.45) is 11.8 Å². The van der Waals surface area contributed by atoms with E-state index in [9.17, 15) is 19.6 Å². The number of aryl methyl sites for hydroxylation is 1. The van der Waals surface area contributed by atoms with Crippen LogP contribution in [-0.4, -0.2) is 69.5 Å². The summed E-state index contributed by atoms with van der Waals surface area (Å²) in [4.78, 5) is 45.8. The molecule has 2 aliphatic rings. The molecule has 1 saturated carbocycles. The van der Waals surface area contributed by atoms with Gasteiger partial charge in [-0.15, -0.1) is 0 Å². The van der Waals surface area contributed by atoms with E-state index in [1.165, 1.54) is 4.90 Å². The molecule has 0 spiro atoms. The van der Waals surface area contributed by atoms with Gasteiger partial charge in [-0.2, -0.15) is 4.39 Å². The van der Waals surface area contributed by atoms with Gasteiger partial charge in [-0.3, -0.25) is 30.4 Å². The number of carbonyl (C=O) groups excluding carboxylic acids is 3. The molecule has 1 aliphatic heterocycles. The van der Waals surface area contributed by atoms with Crippen molar-refractivity contribution in [3.05, 3.63) is 23.8 Å². The van der Waals surface area contributed by atoms with E-state index in [2.05, 4.69) is 26.1 Å². The van der Waals surface area contributed by atoms with E-state index in [4.69, 9.17) is 0 Å². The van der Waals surface area contributed by atoms with Gasteiger partial charge < -0.3 is 10.2 Å². The molecule has 11 nitrogen and oxygen atoms in total. The molecule has 4 N–H and O–H groups in total. The number of hydrogen-bond donors (Lipinski definition) is 4. The quantitative estimate of drug-likeness (QED) is 0.172. The summed E-state index contributed by atoms with van der Waals surface area (Å²) in [6.07, 6.45) is 8.99. The summed E-state index contributed by atoms with van der Waals surface area (Å²) in [5.74, 6) is -2.07. The molecule has 0 bridgehead atoms. The summed E-state index contributed by atoms with van der Waals surface area (Å²) in [5.41, 5.74) is 4.94. The van der Waals surface area contributed by atoms with Gasteiger partial charge in [0.25, 0.3) is 0 Å². The third-order valence-corrected chi connectivity index (χ3v) is 6.16. The highest BCUT2D eigenvalue weighted by Crippen LogP contribution is 2.30. The SMILES string of the molecule is Cc1nc(NNC(=O)[C@@H](CC2CCCC2)CN(O)C=O)c(F)c(N[C@H]2CC=CCN(C)C2=O)n1. The Kier molecular flexibility index (Phi) is 8.74. The first kappa shape index (κ1) is 25.3. The van der Waals surface area contributed by atoms with Crippen molar-refractivity contribution < 1.29 is 24.0 Å². The number of halogens is 1. The van der Waals surface area contributed by atoms with E-state index < -0.39 is 23.7 Å². The smallest absolute Gasteiger partial charge is 0.245 e. The maximum absolute atomic E-state index is 15.1. The Hall–Kier alpha value is -3.28. The molecule has 12 heteroatoms. The highest BCUT2D eigenvalue weighted by Gasteiger charge is 2.28. The summed E-state index contributed by atoms with van der Waals surface area (Å²) in [6, 6.07) is -0.690. The Morgan fingerprint density at radius 3 is 2.74 bits per heavy atom. The van der Waals surface area contributed by atoms with Gasteiger partial charge in [0.15, 0.2) is 11.6 Å². The number of aromatic nitrogens is 2. The van der Waals surface area contributed by atoms with Crippen molar-refractivity contribution in [1.82, 2.24) is 25.4 Å². The van der Waals surface area contributed by atoms with Gasteiger partial charge in [-0.05, 0) is 25.7 Å². The molecule has 1 aromatic rings. The zero-order valence-electron chi connectivity index (χ0n) is 19.5. The fraction of sp³-hybridized carbons (Fsp3) is 0.591. The molecule has 2 atom stereocenters. The van der Waals surface area contributed by atoms with Crippen LogP contribution in [0.15, 0.2) is 12.2 Å². The van der Waals surface area contributed by atoms with Crippen molar-refractivity contribution in [2.45, 2.75) is 51.5 Å². The van der Waals surface area contributed by atoms with Crippen molar-refractivity contribution in [2.75, 3.05) is 30.9 Å². The van der Waals surface area contributed by atoms with Crippen LogP contribution in [-0.2, 0) is 14.4 Å². The number of carbonyl (C=O) groups is 3. The van der Waals surface area contributed by atoms with Gasteiger partial charge in [0.2, 0.25) is 24.0 Å². The van der Waals surface area contributed by atoms with Gasteiger partial charge in [-0.25, -0.2) is 15.0 Å². The molecule has 1 aliphatic carbocycles. The van der Waals surface area contributed by atoms with Crippen LogP contribution < -0.4 is 16.2 Å². The van der Waals surface area contributed by atoms with E-state index in [0.717, 1.165) is 25.7 Å². The Bertz CT molecular complexity index is 923. The average molecular weight is 478 g/mol. The molecule has 0 unspecified atom stereocenters. The van der Waals surface area contributed by atoms with Crippen molar-refractivity contribution in [1.29, 1.82) is 0 Å². The average Bonchev–Trinajstić information content (AvgIpc) is 3.28. The molecule has 0 aromatic carbocycles. The molecule has 1 fully saturated rings.